The van der Waals surface area contributed by atoms with E-state index in [1.54, 1.807) is 42.5 Å². The fraction of sp³-hybridized carbons (Fsp3) is 0.0800. The normalized spacial score (nSPS) is 14.6. The first-order valence-corrected chi connectivity index (χ1v) is 11.1. The van der Waals surface area contributed by atoms with Gasteiger partial charge in [0.2, 0.25) is 0 Å². The van der Waals surface area contributed by atoms with Gasteiger partial charge in [-0.3, -0.25) is 14.5 Å². The van der Waals surface area contributed by atoms with E-state index in [0.717, 1.165) is 17.3 Å². The lowest BCUT2D eigenvalue weighted by molar-refractivity contribution is -0.123. The molecule has 0 N–H and O–H groups in total. The summed E-state index contributed by atoms with van der Waals surface area (Å²) in [6, 6.07) is 20.8. The Morgan fingerprint density at radius 1 is 1.00 bits per heavy atom. The number of nitrogens with zero attached hydrogens (tertiary/aromatic N) is 1. The molecule has 166 valence electrons. The van der Waals surface area contributed by atoms with Gasteiger partial charge in [-0.1, -0.05) is 66.2 Å². The highest BCUT2D eigenvalue weighted by molar-refractivity contribution is 8.18. The molecule has 0 radical (unpaired) electrons. The number of imide groups is 1. The zero-order valence-corrected chi connectivity index (χ0v) is 19.1. The number of methoxy groups -OCH3 is 1. The molecule has 3 aromatic rings. The second-order valence-electron chi connectivity index (χ2n) is 7.00. The molecule has 2 amide bonds. The fourth-order valence-corrected chi connectivity index (χ4v) is 4.28. The maximum atomic E-state index is 12.9. The molecule has 0 unspecified atom stereocenters. The molecule has 33 heavy (non-hydrogen) atoms. The average molecular weight is 480 g/mol. The minimum Gasteiger partial charge on any atom is -0.493 e. The molecule has 0 aromatic heterocycles. The summed E-state index contributed by atoms with van der Waals surface area (Å²) in [4.78, 5) is 39.6. The molecule has 1 aliphatic heterocycles. The minimum atomic E-state index is -0.670. The van der Waals surface area contributed by atoms with Gasteiger partial charge in [-0.05, 0) is 41.6 Å². The van der Waals surface area contributed by atoms with Crippen LogP contribution in [0.3, 0.4) is 0 Å². The highest BCUT2D eigenvalue weighted by atomic mass is 35.5. The average Bonchev–Trinajstić information content (AvgIpc) is 3.08. The topological polar surface area (TPSA) is 72.9 Å². The Hall–Kier alpha value is -3.55. The Morgan fingerprint density at radius 2 is 1.73 bits per heavy atom. The summed E-state index contributed by atoms with van der Waals surface area (Å²) >= 11 is 6.95. The third-order valence-corrected chi connectivity index (χ3v) is 6.10. The molecule has 0 aliphatic carbocycles. The second kappa shape index (κ2) is 9.94. The molecule has 0 saturated carbocycles. The van der Waals surface area contributed by atoms with Gasteiger partial charge >= 0.3 is 5.97 Å². The lowest BCUT2D eigenvalue weighted by Gasteiger charge is -2.13. The van der Waals surface area contributed by atoms with Gasteiger partial charge in [-0.15, -0.1) is 0 Å². The molecular weight excluding hydrogens is 462 g/mol. The van der Waals surface area contributed by atoms with E-state index in [2.05, 4.69) is 0 Å². The number of carbonyl (C=O) groups excluding carboxylic acids is 3. The Bertz CT molecular complexity index is 1260. The van der Waals surface area contributed by atoms with Crippen molar-refractivity contribution in [1.29, 1.82) is 0 Å². The number of carbonyl (C=O) groups is 3. The standard InChI is InChI=1S/C25H18ClNO5S/c1-31-20-13-7-10-17(22(20)32-24(29)18-11-5-6-12-19(18)26)14-21-23(28)27(25(30)33-21)15-16-8-3-2-4-9-16/h2-14H,15H2,1H3/b21-14-. The quantitative estimate of drug-likeness (QED) is 0.252. The number of hydrogen-bond acceptors (Lipinski definition) is 6. The Labute approximate surface area is 199 Å². The molecule has 0 spiro atoms. The van der Waals surface area contributed by atoms with Crippen LogP contribution in [0.2, 0.25) is 5.02 Å². The van der Waals surface area contributed by atoms with Gasteiger partial charge in [0.25, 0.3) is 11.1 Å². The van der Waals surface area contributed by atoms with Crippen LogP contribution in [0, 0.1) is 0 Å². The molecule has 4 rings (SSSR count). The number of benzene rings is 3. The summed E-state index contributed by atoms with van der Waals surface area (Å²) in [5, 5.41) is -0.117. The Balaban J connectivity index is 1.64. The van der Waals surface area contributed by atoms with Gasteiger partial charge in [-0.2, -0.15) is 0 Å². The van der Waals surface area contributed by atoms with Crippen molar-refractivity contribution in [1.82, 2.24) is 4.90 Å². The summed E-state index contributed by atoms with van der Waals surface area (Å²) in [7, 11) is 1.44. The van der Waals surface area contributed by atoms with E-state index in [4.69, 9.17) is 21.1 Å². The van der Waals surface area contributed by atoms with Crippen molar-refractivity contribution < 1.29 is 23.9 Å². The Kier molecular flexibility index (Phi) is 6.82. The van der Waals surface area contributed by atoms with E-state index >= 15 is 0 Å². The summed E-state index contributed by atoms with van der Waals surface area (Å²) in [6.45, 7) is 0.176. The van der Waals surface area contributed by atoms with Gasteiger partial charge in [-0.25, -0.2) is 4.79 Å². The number of thioether (sulfide) groups is 1. The number of rotatable bonds is 6. The van der Waals surface area contributed by atoms with Crippen LogP contribution in [0.1, 0.15) is 21.5 Å². The van der Waals surface area contributed by atoms with Crippen LogP contribution < -0.4 is 9.47 Å². The number of esters is 1. The van der Waals surface area contributed by atoms with Gasteiger partial charge < -0.3 is 9.47 Å². The predicted molar refractivity (Wildman–Crippen MR) is 127 cm³/mol. The second-order valence-corrected chi connectivity index (χ2v) is 8.40. The number of hydrogen-bond donors (Lipinski definition) is 0. The van der Waals surface area contributed by atoms with Crippen LogP contribution in [0.25, 0.3) is 6.08 Å². The molecule has 1 heterocycles. The monoisotopic (exact) mass is 479 g/mol. The van der Waals surface area contributed by atoms with Gasteiger partial charge in [0.05, 0.1) is 29.1 Å². The number of amides is 2. The van der Waals surface area contributed by atoms with Gasteiger partial charge in [0.15, 0.2) is 11.5 Å². The SMILES string of the molecule is COc1cccc(/C=C2\SC(=O)N(Cc3ccccc3)C2=O)c1OC(=O)c1ccccc1Cl. The van der Waals surface area contributed by atoms with Crippen molar-refractivity contribution in [3.8, 4) is 11.5 Å². The summed E-state index contributed by atoms with van der Waals surface area (Å²) in [5.74, 6) is -0.663. The molecule has 1 aliphatic rings. The van der Waals surface area contributed by atoms with Crippen molar-refractivity contribution in [2.75, 3.05) is 7.11 Å². The summed E-state index contributed by atoms with van der Waals surface area (Å²) in [5.41, 5.74) is 1.45. The molecule has 1 fully saturated rings. The first kappa shape index (κ1) is 22.6. The third kappa shape index (κ3) is 4.94. The molecule has 0 bridgehead atoms. The van der Waals surface area contributed by atoms with Crippen LogP contribution in [0.15, 0.2) is 77.7 Å². The van der Waals surface area contributed by atoms with Crippen molar-refractivity contribution in [2.24, 2.45) is 0 Å². The zero-order valence-electron chi connectivity index (χ0n) is 17.5. The van der Waals surface area contributed by atoms with Crippen LogP contribution in [-0.4, -0.2) is 29.1 Å². The molecule has 6 nitrogen and oxygen atoms in total. The van der Waals surface area contributed by atoms with E-state index in [9.17, 15) is 14.4 Å². The zero-order chi connectivity index (χ0) is 23.4. The number of halogens is 1. The molecule has 3 aromatic carbocycles. The van der Waals surface area contributed by atoms with E-state index < -0.39 is 11.9 Å². The van der Waals surface area contributed by atoms with Crippen LogP contribution in [0.5, 0.6) is 11.5 Å². The maximum Gasteiger partial charge on any atom is 0.345 e. The first-order valence-electron chi connectivity index (χ1n) is 9.91. The highest BCUT2D eigenvalue weighted by Crippen LogP contribution is 2.38. The van der Waals surface area contributed by atoms with Crippen LogP contribution in [0.4, 0.5) is 4.79 Å². The van der Waals surface area contributed by atoms with E-state index in [1.807, 2.05) is 30.3 Å². The Morgan fingerprint density at radius 3 is 2.45 bits per heavy atom. The highest BCUT2D eigenvalue weighted by Gasteiger charge is 2.35. The summed E-state index contributed by atoms with van der Waals surface area (Å²) in [6.07, 6.45) is 1.52. The van der Waals surface area contributed by atoms with Crippen LogP contribution in [-0.2, 0) is 11.3 Å². The van der Waals surface area contributed by atoms with Gasteiger partial charge in [0, 0.05) is 5.56 Å². The van der Waals surface area contributed by atoms with Crippen molar-refractivity contribution in [3.63, 3.8) is 0 Å². The van der Waals surface area contributed by atoms with E-state index in [1.165, 1.54) is 18.1 Å². The van der Waals surface area contributed by atoms with E-state index in [0.29, 0.717) is 11.3 Å². The largest absolute Gasteiger partial charge is 0.493 e. The smallest absolute Gasteiger partial charge is 0.345 e. The van der Waals surface area contributed by atoms with Crippen molar-refractivity contribution in [3.05, 3.63) is 99.4 Å². The predicted octanol–water partition coefficient (Wildman–Crippen LogP) is 5.80. The molecule has 1 saturated heterocycles. The molecule has 8 heteroatoms. The number of para-hydroxylation sites is 1. The molecule has 0 atom stereocenters. The third-order valence-electron chi connectivity index (χ3n) is 4.86. The lowest BCUT2D eigenvalue weighted by atomic mass is 10.1. The van der Waals surface area contributed by atoms with Crippen molar-refractivity contribution >= 4 is 46.6 Å². The fourth-order valence-electron chi connectivity index (χ4n) is 3.23. The lowest BCUT2D eigenvalue weighted by Crippen LogP contribution is -2.27. The molecular formula is C25H18ClNO5S. The maximum absolute atomic E-state index is 12.9. The van der Waals surface area contributed by atoms with E-state index in [-0.39, 0.29) is 33.0 Å². The van der Waals surface area contributed by atoms with Crippen LogP contribution >= 0.6 is 23.4 Å². The van der Waals surface area contributed by atoms with Gasteiger partial charge in [0.1, 0.15) is 0 Å². The first-order chi connectivity index (χ1) is 16.0. The van der Waals surface area contributed by atoms with Crippen molar-refractivity contribution in [2.45, 2.75) is 6.54 Å². The minimum absolute atomic E-state index is 0.125. The summed E-state index contributed by atoms with van der Waals surface area (Å²) < 4.78 is 11.0. The number of ether oxygens (including phenoxy) is 2.